The van der Waals surface area contributed by atoms with E-state index in [1.165, 1.54) is 18.2 Å². The highest BCUT2D eigenvalue weighted by molar-refractivity contribution is 6.42. The molecule has 1 aromatic carbocycles. The molecule has 2 amide bonds. The molecular formula is C13H7Cl3F3N3O. The maximum Gasteiger partial charge on any atom is 0.416 e. The van der Waals surface area contributed by atoms with Gasteiger partial charge in [-0.25, -0.2) is 9.78 Å². The van der Waals surface area contributed by atoms with Gasteiger partial charge in [-0.3, -0.25) is 5.32 Å². The van der Waals surface area contributed by atoms with Crippen LogP contribution in [-0.2, 0) is 6.18 Å². The van der Waals surface area contributed by atoms with E-state index < -0.39 is 22.9 Å². The molecule has 2 rings (SSSR count). The molecule has 0 spiro atoms. The van der Waals surface area contributed by atoms with E-state index in [1.807, 2.05) is 0 Å². The van der Waals surface area contributed by atoms with Crippen molar-refractivity contribution in [1.82, 2.24) is 4.98 Å². The van der Waals surface area contributed by atoms with E-state index in [1.54, 1.807) is 0 Å². The topological polar surface area (TPSA) is 54.0 Å². The third-order valence-corrected chi connectivity index (χ3v) is 3.47. The first-order valence-electron chi connectivity index (χ1n) is 5.93. The number of anilines is 2. The lowest BCUT2D eigenvalue weighted by atomic mass is 10.2. The zero-order chi connectivity index (χ0) is 17.2. The molecule has 0 bridgehead atoms. The zero-order valence-electron chi connectivity index (χ0n) is 11.0. The Morgan fingerprint density at radius 2 is 1.70 bits per heavy atom. The van der Waals surface area contributed by atoms with Crippen LogP contribution in [-0.4, -0.2) is 11.0 Å². The quantitative estimate of drug-likeness (QED) is 0.652. The summed E-state index contributed by atoms with van der Waals surface area (Å²) in [6, 6.07) is 4.82. The Kier molecular flexibility index (Phi) is 5.23. The second-order valence-corrected chi connectivity index (χ2v) is 5.47. The van der Waals surface area contributed by atoms with Crippen LogP contribution in [0.4, 0.5) is 29.5 Å². The molecule has 2 aromatic rings. The number of carbonyl (C=O) groups is 1. The number of amides is 2. The Morgan fingerprint density at radius 3 is 2.30 bits per heavy atom. The van der Waals surface area contributed by atoms with Gasteiger partial charge in [-0.15, -0.1) is 0 Å². The number of hydrogen-bond donors (Lipinski definition) is 2. The molecule has 0 atom stereocenters. The number of aromatic nitrogens is 1. The number of benzene rings is 1. The predicted molar refractivity (Wildman–Crippen MR) is 83.4 cm³/mol. The number of rotatable bonds is 2. The normalized spacial score (nSPS) is 11.2. The van der Waals surface area contributed by atoms with Gasteiger partial charge in [0, 0.05) is 5.69 Å². The average molecular weight is 385 g/mol. The molecule has 0 aliphatic carbocycles. The molecule has 0 fully saturated rings. The number of pyridine rings is 1. The van der Waals surface area contributed by atoms with Gasteiger partial charge in [0.25, 0.3) is 0 Å². The molecule has 0 unspecified atom stereocenters. The molecule has 23 heavy (non-hydrogen) atoms. The van der Waals surface area contributed by atoms with Crippen molar-refractivity contribution in [3.63, 3.8) is 0 Å². The minimum atomic E-state index is -4.61. The van der Waals surface area contributed by atoms with Gasteiger partial charge < -0.3 is 5.32 Å². The van der Waals surface area contributed by atoms with Gasteiger partial charge in [0.05, 0.1) is 15.6 Å². The summed E-state index contributed by atoms with van der Waals surface area (Å²) in [7, 11) is 0. The second-order valence-electron chi connectivity index (χ2n) is 4.27. The number of alkyl halides is 3. The van der Waals surface area contributed by atoms with E-state index >= 15 is 0 Å². The van der Waals surface area contributed by atoms with Gasteiger partial charge in [0.15, 0.2) is 0 Å². The SMILES string of the molecule is O=C(Nc1ccc(Cl)c(Cl)c1)Nc1cc(C(F)(F)F)cc(Cl)n1. The van der Waals surface area contributed by atoms with Gasteiger partial charge in [0.1, 0.15) is 11.0 Å². The molecule has 0 radical (unpaired) electrons. The molecule has 0 aliphatic rings. The number of nitrogens with one attached hydrogen (secondary N) is 2. The van der Waals surface area contributed by atoms with E-state index in [0.717, 1.165) is 0 Å². The summed E-state index contributed by atoms with van der Waals surface area (Å²) < 4.78 is 38.0. The average Bonchev–Trinajstić information content (AvgIpc) is 2.41. The highest BCUT2D eigenvalue weighted by atomic mass is 35.5. The number of nitrogens with zero attached hydrogens (tertiary/aromatic N) is 1. The summed E-state index contributed by atoms with van der Waals surface area (Å²) in [4.78, 5) is 15.4. The fourth-order valence-corrected chi connectivity index (χ4v) is 2.08. The van der Waals surface area contributed by atoms with Gasteiger partial charge in [-0.05, 0) is 30.3 Å². The van der Waals surface area contributed by atoms with Crippen LogP contribution in [0.15, 0.2) is 30.3 Å². The van der Waals surface area contributed by atoms with Crippen LogP contribution in [0, 0.1) is 0 Å². The van der Waals surface area contributed by atoms with Crippen molar-refractivity contribution in [2.45, 2.75) is 6.18 Å². The fourth-order valence-electron chi connectivity index (χ4n) is 1.58. The van der Waals surface area contributed by atoms with Gasteiger partial charge in [0.2, 0.25) is 0 Å². The fraction of sp³-hybridized carbons (Fsp3) is 0.0769. The third kappa shape index (κ3) is 4.89. The number of halogens is 6. The Hall–Kier alpha value is -1.70. The number of urea groups is 1. The standard InChI is InChI=1S/C13H7Cl3F3N3O/c14-8-2-1-7(5-9(8)15)20-12(23)22-11-4-6(13(17,18)19)3-10(16)21-11/h1-5H,(H2,20,21,22,23). The summed E-state index contributed by atoms with van der Waals surface area (Å²) >= 11 is 17.0. The lowest BCUT2D eigenvalue weighted by Crippen LogP contribution is -2.20. The molecule has 10 heteroatoms. The molecule has 2 N–H and O–H groups in total. The minimum Gasteiger partial charge on any atom is -0.308 e. The Balaban J connectivity index is 2.14. The maximum absolute atomic E-state index is 12.7. The number of hydrogen-bond acceptors (Lipinski definition) is 2. The first kappa shape index (κ1) is 17.7. The Bertz CT molecular complexity index is 753. The smallest absolute Gasteiger partial charge is 0.308 e. The summed E-state index contributed by atoms with van der Waals surface area (Å²) in [6.45, 7) is 0. The summed E-state index contributed by atoms with van der Waals surface area (Å²) in [5.41, 5.74) is -0.725. The van der Waals surface area contributed by atoms with Crippen molar-refractivity contribution in [3.05, 3.63) is 51.1 Å². The maximum atomic E-state index is 12.7. The van der Waals surface area contributed by atoms with Crippen molar-refractivity contribution in [3.8, 4) is 0 Å². The third-order valence-electron chi connectivity index (χ3n) is 2.54. The van der Waals surface area contributed by atoms with Crippen LogP contribution in [0.1, 0.15) is 5.56 Å². The van der Waals surface area contributed by atoms with E-state index in [-0.39, 0.29) is 10.8 Å². The number of carbonyl (C=O) groups excluding carboxylic acids is 1. The molecule has 122 valence electrons. The van der Waals surface area contributed by atoms with Crippen molar-refractivity contribution in [2.75, 3.05) is 10.6 Å². The van der Waals surface area contributed by atoms with Gasteiger partial charge >= 0.3 is 12.2 Å². The van der Waals surface area contributed by atoms with Crippen LogP contribution in [0.2, 0.25) is 15.2 Å². The summed E-state index contributed by atoms with van der Waals surface area (Å²) in [5.74, 6) is -0.345. The molecule has 0 saturated heterocycles. The molecule has 4 nitrogen and oxygen atoms in total. The van der Waals surface area contributed by atoms with E-state index in [2.05, 4.69) is 15.6 Å². The second kappa shape index (κ2) is 6.82. The molecule has 1 heterocycles. The lowest BCUT2D eigenvalue weighted by Gasteiger charge is -2.11. The highest BCUT2D eigenvalue weighted by Crippen LogP contribution is 2.32. The first-order chi connectivity index (χ1) is 10.6. The minimum absolute atomic E-state index is 0.213. The first-order valence-corrected chi connectivity index (χ1v) is 7.06. The predicted octanol–water partition coefficient (Wildman–Crippen LogP) is 5.70. The zero-order valence-corrected chi connectivity index (χ0v) is 13.3. The van der Waals surface area contributed by atoms with Crippen molar-refractivity contribution >= 4 is 52.3 Å². The van der Waals surface area contributed by atoms with E-state index in [9.17, 15) is 18.0 Å². The Labute approximate surface area is 143 Å². The van der Waals surface area contributed by atoms with Crippen LogP contribution in [0.3, 0.4) is 0 Å². The van der Waals surface area contributed by atoms with Crippen LogP contribution in [0.5, 0.6) is 0 Å². The lowest BCUT2D eigenvalue weighted by molar-refractivity contribution is -0.137. The van der Waals surface area contributed by atoms with E-state index in [4.69, 9.17) is 34.8 Å². The molecular weight excluding hydrogens is 378 g/mol. The summed E-state index contributed by atoms with van der Waals surface area (Å²) in [5, 5.41) is 4.64. The highest BCUT2D eigenvalue weighted by Gasteiger charge is 2.31. The monoisotopic (exact) mass is 383 g/mol. The van der Waals surface area contributed by atoms with Crippen LogP contribution in [0.25, 0.3) is 0 Å². The van der Waals surface area contributed by atoms with E-state index in [0.29, 0.717) is 22.8 Å². The van der Waals surface area contributed by atoms with Crippen molar-refractivity contribution in [1.29, 1.82) is 0 Å². The van der Waals surface area contributed by atoms with Crippen LogP contribution < -0.4 is 10.6 Å². The van der Waals surface area contributed by atoms with Gasteiger partial charge in [-0.1, -0.05) is 34.8 Å². The largest absolute Gasteiger partial charge is 0.416 e. The summed E-state index contributed by atoms with van der Waals surface area (Å²) in [6.07, 6.45) is -4.61. The van der Waals surface area contributed by atoms with Crippen LogP contribution >= 0.6 is 34.8 Å². The molecule has 0 saturated carbocycles. The molecule has 0 aliphatic heterocycles. The van der Waals surface area contributed by atoms with Crippen molar-refractivity contribution in [2.24, 2.45) is 0 Å². The molecule has 1 aromatic heterocycles. The Morgan fingerprint density at radius 1 is 1.00 bits per heavy atom. The van der Waals surface area contributed by atoms with Crippen molar-refractivity contribution < 1.29 is 18.0 Å². The van der Waals surface area contributed by atoms with Gasteiger partial charge in [-0.2, -0.15) is 13.2 Å².